The minimum absolute atomic E-state index is 0.00470. The summed E-state index contributed by atoms with van der Waals surface area (Å²) in [4.78, 5) is 29.5. The normalized spacial score (nSPS) is 13.9. The van der Waals surface area contributed by atoms with Crippen LogP contribution < -0.4 is 15.8 Å². The molecule has 3 aromatic rings. The lowest BCUT2D eigenvalue weighted by molar-refractivity contribution is -0.0400. The van der Waals surface area contributed by atoms with Gasteiger partial charge in [-0.2, -0.15) is 5.10 Å². The zero-order chi connectivity index (χ0) is 25.1. The first-order valence-corrected chi connectivity index (χ1v) is 11.4. The summed E-state index contributed by atoms with van der Waals surface area (Å²) in [5.41, 5.74) is 7.20. The molecule has 3 heterocycles. The SMILES string of the molecule is CCCn1c(NC(=O)c2cc(C)nn2CC(F)F)nc2cc(C(N)=O)cc(OCCC3COC3)c21. The number of aromatic nitrogens is 4. The van der Waals surface area contributed by atoms with Crippen LogP contribution in [0.4, 0.5) is 14.7 Å². The van der Waals surface area contributed by atoms with E-state index in [2.05, 4.69) is 15.4 Å². The predicted molar refractivity (Wildman–Crippen MR) is 124 cm³/mol. The van der Waals surface area contributed by atoms with Gasteiger partial charge in [0.2, 0.25) is 11.9 Å². The Morgan fingerprint density at radius 1 is 1.31 bits per heavy atom. The van der Waals surface area contributed by atoms with Crippen molar-refractivity contribution < 1.29 is 27.8 Å². The molecule has 188 valence electrons. The Morgan fingerprint density at radius 2 is 2.09 bits per heavy atom. The van der Waals surface area contributed by atoms with E-state index in [0.717, 1.165) is 11.1 Å². The van der Waals surface area contributed by atoms with Crippen LogP contribution in [0.1, 0.15) is 46.3 Å². The van der Waals surface area contributed by atoms with Crippen LogP contribution in [0.2, 0.25) is 0 Å². The molecular formula is C23H28F2N6O4. The number of nitrogens with two attached hydrogens (primary N) is 1. The largest absolute Gasteiger partial charge is 0.491 e. The molecule has 0 bridgehead atoms. The Balaban J connectivity index is 1.69. The maximum Gasteiger partial charge on any atom is 0.276 e. The highest BCUT2D eigenvalue weighted by Crippen LogP contribution is 2.32. The fourth-order valence-corrected chi connectivity index (χ4v) is 3.97. The van der Waals surface area contributed by atoms with Crippen molar-refractivity contribution in [3.8, 4) is 5.75 Å². The Hall–Kier alpha value is -3.54. The second-order valence-corrected chi connectivity index (χ2v) is 8.53. The molecule has 35 heavy (non-hydrogen) atoms. The fourth-order valence-electron chi connectivity index (χ4n) is 3.97. The number of carbonyl (C=O) groups is 2. The number of rotatable bonds is 11. The van der Waals surface area contributed by atoms with Crippen LogP contribution in [0.5, 0.6) is 5.75 Å². The summed E-state index contributed by atoms with van der Waals surface area (Å²) < 4.78 is 39.9. The number of hydrogen-bond acceptors (Lipinski definition) is 6. The summed E-state index contributed by atoms with van der Waals surface area (Å²) in [6.07, 6.45) is -1.15. The third kappa shape index (κ3) is 5.42. The molecule has 1 aliphatic rings. The van der Waals surface area contributed by atoms with Crippen molar-refractivity contribution >= 4 is 28.8 Å². The number of nitrogens with one attached hydrogen (secondary N) is 1. The number of hydrogen-bond donors (Lipinski definition) is 2. The van der Waals surface area contributed by atoms with Crippen LogP contribution in [0.3, 0.4) is 0 Å². The van der Waals surface area contributed by atoms with Crippen LogP contribution in [0.15, 0.2) is 18.2 Å². The van der Waals surface area contributed by atoms with E-state index in [1.165, 1.54) is 12.1 Å². The van der Waals surface area contributed by atoms with E-state index >= 15 is 0 Å². The van der Waals surface area contributed by atoms with Crippen molar-refractivity contribution in [2.75, 3.05) is 25.1 Å². The molecule has 1 saturated heterocycles. The van der Waals surface area contributed by atoms with Crippen molar-refractivity contribution in [3.05, 3.63) is 35.2 Å². The molecule has 0 radical (unpaired) electrons. The van der Waals surface area contributed by atoms with Gasteiger partial charge in [-0.25, -0.2) is 13.8 Å². The minimum atomic E-state index is -2.66. The van der Waals surface area contributed by atoms with E-state index in [1.807, 2.05) is 6.92 Å². The standard InChI is InChI=1S/C23H28F2N6O4/c1-3-5-30-20-16(8-15(21(26)32)9-18(20)35-6-4-14-11-34-12-14)27-23(30)28-22(33)17-7-13(2)29-31(17)10-19(24)25/h7-9,14,19H,3-6,10-12H2,1-2H3,(H2,26,32)(H,27,28,33). The van der Waals surface area contributed by atoms with Crippen molar-refractivity contribution in [2.24, 2.45) is 11.7 Å². The van der Waals surface area contributed by atoms with E-state index in [1.54, 1.807) is 17.6 Å². The number of imidazole rings is 1. The summed E-state index contributed by atoms with van der Waals surface area (Å²) >= 11 is 0. The number of primary amides is 1. The second kappa shape index (κ2) is 10.4. The molecule has 0 unspecified atom stereocenters. The highest BCUT2D eigenvalue weighted by molar-refractivity contribution is 6.04. The topological polar surface area (TPSA) is 126 Å². The van der Waals surface area contributed by atoms with Crippen molar-refractivity contribution in [2.45, 2.75) is 46.2 Å². The number of benzene rings is 1. The predicted octanol–water partition coefficient (Wildman–Crippen LogP) is 2.98. The molecule has 10 nitrogen and oxygen atoms in total. The average molecular weight is 491 g/mol. The maximum atomic E-state index is 13.0. The van der Waals surface area contributed by atoms with Gasteiger partial charge in [-0.05, 0) is 38.0 Å². The molecule has 0 aliphatic carbocycles. The fraction of sp³-hybridized carbons (Fsp3) is 0.478. The van der Waals surface area contributed by atoms with Crippen LogP contribution in [0.25, 0.3) is 11.0 Å². The van der Waals surface area contributed by atoms with Crippen LogP contribution >= 0.6 is 0 Å². The number of fused-ring (bicyclic) bond motifs is 1. The molecule has 2 amide bonds. The maximum absolute atomic E-state index is 13.0. The minimum Gasteiger partial charge on any atom is -0.491 e. The van der Waals surface area contributed by atoms with E-state index in [0.29, 0.717) is 61.2 Å². The molecule has 12 heteroatoms. The van der Waals surface area contributed by atoms with Gasteiger partial charge in [-0.15, -0.1) is 0 Å². The summed E-state index contributed by atoms with van der Waals surface area (Å²) in [5, 5.41) is 6.70. The number of halogens is 2. The summed E-state index contributed by atoms with van der Waals surface area (Å²) in [6, 6.07) is 4.55. The zero-order valence-electron chi connectivity index (χ0n) is 19.6. The lowest BCUT2D eigenvalue weighted by atomic mass is 10.1. The molecule has 3 N–H and O–H groups in total. The van der Waals surface area contributed by atoms with Gasteiger partial charge in [0.1, 0.15) is 23.5 Å². The first-order valence-electron chi connectivity index (χ1n) is 11.4. The first kappa shape index (κ1) is 24.6. The van der Waals surface area contributed by atoms with Crippen molar-refractivity contribution in [3.63, 3.8) is 0 Å². The molecule has 0 saturated carbocycles. The molecule has 1 aliphatic heterocycles. The van der Waals surface area contributed by atoms with Crippen LogP contribution in [0, 0.1) is 12.8 Å². The number of alkyl halides is 2. The number of aryl methyl sites for hydroxylation is 2. The van der Waals surface area contributed by atoms with Gasteiger partial charge in [-0.3, -0.25) is 19.6 Å². The van der Waals surface area contributed by atoms with Gasteiger partial charge < -0.3 is 19.8 Å². The monoisotopic (exact) mass is 490 g/mol. The van der Waals surface area contributed by atoms with Gasteiger partial charge in [-0.1, -0.05) is 6.92 Å². The molecule has 1 fully saturated rings. The Bertz CT molecular complexity index is 1230. The molecule has 2 aromatic heterocycles. The Kier molecular flexibility index (Phi) is 7.29. The number of carbonyl (C=O) groups excluding carboxylic acids is 2. The second-order valence-electron chi connectivity index (χ2n) is 8.53. The number of ether oxygens (including phenoxy) is 2. The summed E-state index contributed by atoms with van der Waals surface area (Å²) in [5.74, 6) is -0.195. The quantitative estimate of drug-likeness (QED) is 0.426. The van der Waals surface area contributed by atoms with Crippen molar-refractivity contribution in [1.29, 1.82) is 0 Å². The smallest absolute Gasteiger partial charge is 0.276 e. The van der Waals surface area contributed by atoms with Crippen molar-refractivity contribution in [1.82, 2.24) is 19.3 Å². The van der Waals surface area contributed by atoms with Gasteiger partial charge in [0.15, 0.2) is 0 Å². The van der Waals surface area contributed by atoms with Gasteiger partial charge in [0.05, 0.1) is 31.0 Å². The van der Waals surface area contributed by atoms with Gasteiger partial charge >= 0.3 is 0 Å². The summed E-state index contributed by atoms with van der Waals surface area (Å²) in [7, 11) is 0. The zero-order valence-corrected chi connectivity index (χ0v) is 19.6. The van der Waals surface area contributed by atoms with Crippen LogP contribution in [-0.4, -0.2) is 57.4 Å². The molecular weight excluding hydrogens is 462 g/mol. The number of amides is 2. The van der Waals surface area contributed by atoms with E-state index < -0.39 is 24.8 Å². The molecule has 1 aromatic carbocycles. The highest BCUT2D eigenvalue weighted by atomic mass is 19.3. The third-order valence-electron chi connectivity index (χ3n) is 5.70. The first-order chi connectivity index (χ1) is 16.8. The third-order valence-corrected chi connectivity index (χ3v) is 5.70. The number of anilines is 1. The molecule has 0 spiro atoms. The van der Waals surface area contributed by atoms with E-state index in [9.17, 15) is 18.4 Å². The Labute approximate surface area is 200 Å². The molecule has 4 rings (SSSR count). The Morgan fingerprint density at radius 3 is 2.71 bits per heavy atom. The van der Waals surface area contributed by atoms with E-state index in [-0.39, 0.29) is 17.2 Å². The van der Waals surface area contributed by atoms with E-state index in [4.69, 9.17) is 15.2 Å². The van der Waals surface area contributed by atoms with Crippen LogP contribution in [-0.2, 0) is 17.8 Å². The molecule has 0 atom stereocenters. The highest BCUT2D eigenvalue weighted by Gasteiger charge is 2.23. The average Bonchev–Trinajstić information content (AvgIpc) is 3.29. The lowest BCUT2D eigenvalue weighted by Gasteiger charge is -2.25. The lowest BCUT2D eigenvalue weighted by Crippen LogP contribution is -2.28. The van der Waals surface area contributed by atoms with Gasteiger partial charge in [0.25, 0.3) is 12.3 Å². The summed E-state index contributed by atoms with van der Waals surface area (Å²) in [6.45, 7) is 5.19. The number of nitrogens with zero attached hydrogens (tertiary/aromatic N) is 4. The van der Waals surface area contributed by atoms with Gasteiger partial charge in [0, 0.05) is 18.0 Å².